The molecule has 0 atom stereocenters. The molecule has 3 N–H and O–H groups in total. The number of nitrogens with zero attached hydrogens (tertiary/aromatic N) is 5. The molecule has 1 aromatic carbocycles. The smallest absolute Gasteiger partial charge is 0.251 e. The number of phenolic OH excluding ortho intramolecular Hbond substituents is 1. The summed E-state index contributed by atoms with van der Waals surface area (Å²) in [5, 5.41) is 16.5. The second-order valence-corrected chi connectivity index (χ2v) is 7.59. The summed E-state index contributed by atoms with van der Waals surface area (Å²) in [5.41, 5.74) is 0.516. The number of carbonyl (C=O) groups is 1. The van der Waals surface area contributed by atoms with Gasteiger partial charge in [0.2, 0.25) is 5.13 Å². The molecule has 1 fully saturated rings. The summed E-state index contributed by atoms with van der Waals surface area (Å²) in [6.45, 7) is 9.29. The van der Waals surface area contributed by atoms with Crippen LogP contribution in [0.1, 0.15) is 30.0 Å². The Morgan fingerprint density at radius 3 is 2.53 bits per heavy atom. The van der Waals surface area contributed by atoms with Crippen molar-refractivity contribution in [3.05, 3.63) is 35.7 Å². The minimum Gasteiger partial charge on any atom is -0.508 e. The average molecular weight is 432 g/mol. The molecule has 1 aliphatic rings. The quantitative estimate of drug-likeness (QED) is 0.345. The van der Waals surface area contributed by atoms with Crippen LogP contribution in [0.5, 0.6) is 5.75 Å². The van der Waals surface area contributed by atoms with E-state index in [1.807, 2.05) is 6.92 Å². The highest BCUT2D eigenvalue weighted by Crippen LogP contribution is 2.19. The van der Waals surface area contributed by atoms with Crippen molar-refractivity contribution >= 4 is 28.5 Å². The zero-order chi connectivity index (χ0) is 21.3. The van der Waals surface area contributed by atoms with E-state index in [0.717, 1.165) is 56.1 Å². The van der Waals surface area contributed by atoms with Crippen molar-refractivity contribution < 1.29 is 9.90 Å². The van der Waals surface area contributed by atoms with E-state index in [1.54, 1.807) is 12.1 Å². The van der Waals surface area contributed by atoms with Crippen LogP contribution in [-0.4, -0.2) is 77.0 Å². The third-order valence-electron chi connectivity index (χ3n) is 4.75. The first-order chi connectivity index (χ1) is 14.6. The molecule has 10 heteroatoms. The number of aliphatic imine (C=N–C) groups is 1. The molecule has 0 aliphatic carbocycles. The molecule has 9 nitrogen and oxygen atoms in total. The zero-order valence-electron chi connectivity index (χ0n) is 17.5. The Balaban J connectivity index is 1.48. The van der Waals surface area contributed by atoms with Gasteiger partial charge in [0.1, 0.15) is 11.6 Å². The third-order valence-corrected chi connectivity index (χ3v) is 5.56. The van der Waals surface area contributed by atoms with Crippen LogP contribution in [0.2, 0.25) is 0 Å². The predicted molar refractivity (Wildman–Crippen MR) is 119 cm³/mol. The van der Waals surface area contributed by atoms with Crippen LogP contribution in [0.3, 0.4) is 0 Å². The van der Waals surface area contributed by atoms with E-state index in [2.05, 4.69) is 41.7 Å². The molecule has 2 heterocycles. The van der Waals surface area contributed by atoms with Gasteiger partial charge in [0, 0.05) is 62.8 Å². The van der Waals surface area contributed by atoms with Crippen LogP contribution in [-0.2, 0) is 6.42 Å². The molecule has 1 aliphatic heterocycles. The van der Waals surface area contributed by atoms with Gasteiger partial charge in [0.25, 0.3) is 5.91 Å². The first-order valence-corrected chi connectivity index (χ1v) is 11.1. The van der Waals surface area contributed by atoms with Gasteiger partial charge in [-0.2, -0.15) is 4.37 Å². The minimum absolute atomic E-state index is 0.142. The maximum absolute atomic E-state index is 12.1. The van der Waals surface area contributed by atoms with Crippen LogP contribution in [0.25, 0.3) is 0 Å². The fourth-order valence-corrected chi connectivity index (χ4v) is 3.90. The molecule has 0 radical (unpaired) electrons. The molecule has 162 valence electrons. The zero-order valence-corrected chi connectivity index (χ0v) is 18.3. The molecule has 2 aromatic rings. The number of amides is 1. The van der Waals surface area contributed by atoms with Crippen molar-refractivity contribution in [1.29, 1.82) is 0 Å². The maximum atomic E-state index is 12.1. The molecule has 0 unspecified atom stereocenters. The van der Waals surface area contributed by atoms with Crippen LogP contribution in [0, 0.1) is 0 Å². The number of carbonyl (C=O) groups excluding carboxylic acids is 1. The molecule has 0 bridgehead atoms. The van der Waals surface area contributed by atoms with E-state index in [9.17, 15) is 9.90 Å². The largest absolute Gasteiger partial charge is 0.508 e. The third kappa shape index (κ3) is 5.82. The molecule has 0 saturated carbocycles. The van der Waals surface area contributed by atoms with Crippen LogP contribution in [0.4, 0.5) is 5.13 Å². The number of aromatic nitrogens is 2. The molecule has 1 saturated heterocycles. The number of rotatable bonds is 7. The second-order valence-electron chi connectivity index (χ2n) is 6.86. The second kappa shape index (κ2) is 10.8. The summed E-state index contributed by atoms with van der Waals surface area (Å²) in [6, 6.07) is 6.19. The summed E-state index contributed by atoms with van der Waals surface area (Å²) < 4.78 is 4.38. The number of aromatic hydroxyl groups is 1. The van der Waals surface area contributed by atoms with Crippen LogP contribution >= 0.6 is 11.5 Å². The van der Waals surface area contributed by atoms with E-state index >= 15 is 0 Å². The lowest BCUT2D eigenvalue weighted by molar-refractivity contribution is 0.0954. The Morgan fingerprint density at radius 1 is 1.17 bits per heavy atom. The topological polar surface area (TPSA) is 106 Å². The van der Waals surface area contributed by atoms with Gasteiger partial charge >= 0.3 is 0 Å². The highest BCUT2D eigenvalue weighted by molar-refractivity contribution is 7.09. The highest BCUT2D eigenvalue weighted by Gasteiger charge is 2.22. The number of anilines is 1. The maximum Gasteiger partial charge on any atom is 0.251 e. The molecule has 3 rings (SSSR count). The van der Waals surface area contributed by atoms with Gasteiger partial charge in [-0.1, -0.05) is 6.92 Å². The molecular weight excluding hydrogens is 402 g/mol. The number of nitrogens with one attached hydrogen (secondary N) is 2. The minimum atomic E-state index is -0.174. The van der Waals surface area contributed by atoms with E-state index in [1.165, 1.54) is 23.7 Å². The Bertz CT molecular complexity index is 845. The van der Waals surface area contributed by atoms with Gasteiger partial charge in [0.15, 0.2) is 5.96 Å². The summed E-state index contributed by atoms with van der Waals surface area (Å²) in [6.07, 6.45) is 0.858. The van der Waals surface area contributed by atoms with Crippen LogP contribution < -0.4 is 15.5 Å². The molecule has 0 spiro atoms. The van der Waals surface area contributed by atoms with Crippen molar-refractivity contribution in [2.75, 3.05) is 50.7 Å². The lowest BCUT2D eigenvalue weighted by Crippen LogP contribution is -2.52. The van der Waals surface area contributed by atoms with Crippen molar-refractivity contribution in [2.24, 2.45) is 4.99 Å². The number of hydrogen-bond donors (Lipinski definition) is 3. The number of phenols is 1. The Hall–Kier alpha value is -2.88. The van der Waals surface area contributed by atoms with E-state index in [-0.39, 0.29) is 11.7 Å². The number of aryl methyl sites for hydroxylation is 1. The lowest BCUT2D eigenvalue weighted by atomic mass is 10.2. The van der Waals surface area contributed by atoms with Gasteiger partial charge in [0.05, 0.1) is 6.54 Å². The molecule has 30 heavy (non-hydrogen) atoms. The first kappa shape index (κ1) is 21.8. The SMILES string of the molecule is CCNC(=NCCNC(=O)c1ccc(O)cc1)N1CCN(c2nc(CC)ns2)CC1. The number of piperazine rings is 1. The predicted octanol–water partition coefficient (Wildman–Crippen LogP) is 1.32. The van der Waals surface area contributed by atoms with E-state index < -0.39 is 0 Å². The molecule has 1 amide bonds. The van der Waals surface area contributed by atoms with Crippen molar-refractivity contribution in [3.63, 3.8) is 0 Å². The van der Waals surface area contributed by atoms with Crippen molar-refractivity contribution in [3.8, 4) is 5.75 Å². The van der Waals surface area contributed by atoms with Gasteiger partial charge in [-0.3, -0.25) is 9.79 Å². The molecular formula is C20H29N7O2S. The van der Waals surface area contributed by atoms with Crippen molar-refractivity contribution in [2.45, 2.75) is 20.3 Å². The van der Waals surface area contributed by atoms with Crippen molar-refractivity contribution in [1.82, 2.24) is 24.9 Å². The van der Waals surface area contributed by atoms with Gasteiger partial charge < -0.3 is 25.5 Å². The Kier molecular flexibility index (Phi) is 7.83. The Morgan fingerprint density at radius 2 is 1.90 bits per heavy atom. The summed E-state index contributed by atoms with van der Waals surface area (Å²) >= 11 is 1.47. The van der Waals surface area contributed by atoms with Gasteiger partial charge in [-0.15, -0.1) is 0 Å². The summed E-state index contributed by atoms with van der Waals surface area (Å²) in [5.74, 6) is 1.74. The van der Waals surface area contributed by atoms with Crippen LogP contribution in [0.15, 0.2) is 29.3 Å². The summed E-state index contributed by atoms with van der Waals surface area (Å²) in [7, 11) is 0. The Labute approximate surface area is 181 Å². The van der Waals surface area contributed by atoms with Gasteiger partial charge in [-0.05, 0) is 31.2 Å². The average Bonchev–Trinajstić information content (AvgIpc) is 3.26. The lowest BCUT2D eigenvalue weighted by Gasteiger charge is -2.36. The molecule has 1 aromatic heterocycles. The van der Waals surface area contributed by atoms with E-state index in [0.29, 0.717) is 18.7 Å². The summed E-state index contributed by atoms with van der Waals surface area (Å²) in [4.78, 5) is 25.9. The highest BCUT2D eigenvalue weighted by atomic mass is 32.1. The van der Waals surface area contributed by atoms with E-state index in [4.69, 9.17) is 0 Å². The first-order valence-electron chi connectivity index (χ1n) is 10.3. The number of guanidine groups is 1. The fourth-order valence-electron chi connectivity index (χ4n) is 3.10. The normalized spacial score (nSPS) is 14.7. The number of hydrogen-bond acceptors (Lipinski definition) is 7. The monoisotopic (exact) mass is 431 g/mol. The number of benzene rings is 1. The standard InChI is InChI=1S/C20H29N7O2S/c1-3-17-24-20(30-25-17)27-13-11-26(12-14-27)19(21-4-2)23-10-9-22-18(29)15-5-7-16(28)8-6-15/h5-8,28H,3-4,9-14H2,1-2H3,(H,21,23)(H,22,29). The van der Waals surface area contributed by atoms with Gasteiger partial charge in [-0.25, -0.2) is 4.98 Å². The fraction of sp³-hybridized carbons (Fsp3) is 0.500.